The van der Waals surface area contributed by atoms with Gasteiger partial charge in [-0.15, -0.1) is 11.3 Å². The Balaban J connectivity index is 1.66. The predicted molar refractivity (Wildman–Crippen MR) is 124 cm³/mol. The molecule has 0 aliphatic carbocycles. The SMILES string of the molecule is CC(C)C[C@H](NC(=O)c1ccc(-c2csc(Nc3cccnc3)n2)cc1)C(=O)NCC#N. The van der Waals surface area contributed by atoms with Gasteiger partial charge < -0.3 is 16.0 Å². The van der Waals surface area contributed by atoms with Gasteiger partial charge in [-0.1, -0.05) is 26.0 Å². The summed E-state index contributed by atoms with van der Waals surface area (Å²) in [6.07, 6.45) is 3.91. The highest BCUT2D eigenvalue weighted by molar-refractivity contribution is 7.14. The molecule has 0 aliphatic rings. The van der Waals surface area contributed by atoms with Crippen LogP contribution in [0, 0.1) is 17.2 Å². The highest BCUT2D eigenvalue weighted by Crippen LogP contribution is 2.27. The molecule has 2 amide bonds. The number of hydrogen-bond donors (Lipinski definition) is 3. The molecule has 9 heteroatoms. The molecule has 3 N–H and O–H groups in total. The van der Waals surface area contributed by atoms with E-state index >= 15 is 0 Å². The van der Waals surface area contributed by atoms with Crippen molar-refractivity contribution in [3.63, 3.8) is 0 Å². The number of pyridine rings is 1. The minimum Gasteiger partial charge on any atom is -0.341 e. The fourth-order valence-corrected chi connectivity index (χ4v) is 3.75. The van der Waals surface area contributed by atoms with E-state index in [1.807, 2.05) is 49.6 Å². The summed E-state index contributed by atoms with van der Waals surface area (Å²) in [7, 11) is 0. The molecule has 164 valence electrons. The molecule has 8 nitrogen and oxygen atoms in total. The molecule has 0 fully saturated rings. The summed E-state index contributed by atoms with van der Waals surface area (Å²) in [5.74, 6) is -0.498. The van der Waals surface area contributed by atoms with E-state index in [1.165, 1.54) is 11.3 Å². The second-order valence-corrected chi connectivity index (χ2v) is 8.37. The Bertz CT molecular complexity index is 1090. The number of hydrogen-bond acceptors (Lipinski definition) is 7. The maximum absolute atomic E-state index is 12.7. The van der Waals surface area contributed by atoms with Crippen LogP contribution in [-0.2, 0) is 4.79 Å². The smallest absolute Gasteiger partial charge is 0.251 e. The first-order valence-electron chi connectivity index (χ1n) is 10.1. The predicted octanol–water partition coefficient (Wildman–Crippen LogP) is 3.73. The van der Waals surface area contributed by atoms with Crippen molar-refractivity contribution < 1.29 is 9.59 Å². The zero-order valence-corrected chi connectivity index (χ0v) is 18.6. The van der Waals surface area contributed by atoms with Crippen LogP contribution >= 0.6 is 11.3 Å². The van der Waals surface area contributed by atoms with Crippen molar-refractivity contribution in [1.82, 2.24) is 20.6 Å². The van der Waals surface area contributed by atoms with E-state index in [9.17, 15) is 9.59 Å². The third kappa shape index (κ3) is 6.36. The molecule has 1 atom stereocenters. The highest BCUT2D eigenvalue weighted by Gasteiger charge is 2.22. The zero-order chi connectivity index (χ0) is 22.9. The lowest BCUT2D eigenvalue weighted by Crippen LogP contribution is -2.47. The maximum Gasteiger partial charge on any atom is 0.251 e. The van der Waals surface area contributed by atoms with Crippen molar-refractivity contribution in [1.29, 1.82) is 5.26 Å². The minimum atomic E-state index is -0.699. The molecule has 0 spiro atoms. The number of carbonyl (C=O) groups is 2. The van der Waals surface area contributed by atoms with Gasteiger partial charge in [0, 0.05) is 22.7 Å². The summed E-state index contributed by atoms with van der Waals surface area (Å²) in [6, 6.07) is 12.0. The van der Waals surface area contributed by atoms with Crippen LogP contribution in [0.4, 0.5) is 10.8 Å². The van der Waals surface area contributed by atoms with E-state index in [0.717, 1.165) is 22.1 Å². The summed E-state index contributed by atoms with van der Waals surface area (Å²) < 4.78 is 0. The fraction of sp³-hybridized carbons (Fsp3) is 0.261. The molecule has 0 aliphatic heterocycles. The Hall–Kier alpha value is -3.77. The zero-order valence-electron chi connectivity index (χ0n) is 17.8. The van der Waals surface area contributed by atoms with Gasteiger partial charge in [-0.25, -0.2) is 4.98 Å². The van der Waals surface area contributed by atoms with Gasteiger partial charge in [-0.2, -0.15) is 5.26 Å². The van der Waals surface area contributed by atoms with Crippen LogP contribution in [-0.4, -0.2) is 34.4 Å². The molecule has 1 aromatic carbocycles. The van der Waals surface area contributed by atoms with E-state index in [4.69, 9.17) is 5.26 Å². The lowest BCUT2D eigenvalue weighted by atomic mass is 10.0. The molecular formula is C23H24N6O2S. The van der Waals surface area contributed by atoms with Crippen molar-refractivity contribution in [2.45, 2.75) is 26.3 Å². The van der Waals surface area contributed by atoms with E-state index in [1.54, 1.807) is 24.5 Å². The number of aromatic nitrogens is 2. The van der Waals surface area contributed by atoms with Crippen LogP contribution in [0.15, 0.2) is 54.2 Å². The Kier molecular flexibility index (Phi) is 7.89. The number of anilines is 2. The summed E-state index contributed by atoms with van der Waals surface area (Å²) in [5, 5.41) is 19.8. The molecule has 0 radical (unpaired) electrons. The van der Waals surface area contributed by atoms with Gasteiger partial charge >= 0.3 is 0 Å². The van der Waals surface area contributed by atoms with Gasteiger partial charge in [0.2, 0.25) is 5.91 Å². The van der Waals surface area contributed by atoms with Gasteiger partial charge in [-0.05, 0) is 36.6 Å². The van der Waals surface area contributed by atoms with Crippen LogP contribution in [0.5, 0.6) is 0 Å². The standard InChI is InChI=1S/C23H24N6O2S/c1-15(2)12-19(22(31)26-11-9-24)28-21(30)17-7-5-16(6-8-17)20-14-32-23(29-20)27-18-4-3-10-25-13-18/h3-8,10,13-15,19H,11-12H2,1-2H3,(H,26,31)(H,27,29)(H,28,30)/t19-/m0/s1. The van der Waals surface area contributed by atoms with Crippen LogP contribution in [0.1, 0.15) is 30.6 Å². The number of nitriles is 1. The van der Waals surface area contributed by atoms with Gasteiger partial charge in [0.05, 0.1) is 23.6 Å². The number of nitrogens with one attached hydrogen (secondary N) is 3. The molecule has 2 aromatic heterocycles. The summed E-state index contributed by atoms with van der Waals surface area (Å²) in [5.41, 5.74) is 2.97. The fourth-order valence-electron chi connectivity index (χ4n) is 3.01. The lowest BCUT2D eigenvalue weighted by molar-refractivity contribution is -0.123. The average molecular weight is 449 g/mol. The summed E-state index contributed by atoms with van der Waals surface area (Å²) in [4.78, 5) is 33.6. The van der Waals surface area contributed by atoms with E-state index < -0.39 is 6.04 Å². The van der Waals surface area contributed by atoms with Crippen molar-refractivity contribution in [3.8, 4) is 17.3 Å². The third-order valence-corrected chi connectivity index (χ3v) is 5.29. The molecule has 2 heterocycles. The Morgan fingerprint density at radius 3 is 2.62 bits per heavy atom. The number of thiazole rings is 1. The van der Waals surface area contributed by atoms with Gasteiger partial charge in [0.1, 0.15) is 12.6 Å². The van der Waals surface area contributed by atoms with Crippen molar-refractivity contribution >= 4 is 34.0 Å². The van der Waals surface area contributed by atoms with Gasteiger partial charge in [0.15, 0.2) is 5.13 Å². The molecule has 3 aromatic rings. The average Bonchev–Trinajstić information content (AvgIpc) is 3.26. The molecular weight excluding hydrogens is 424 g/mol. The normalized spacial score (nSPS) is 11.4. The summed E-state index contributed by atoms with van der Waals surface area (Å²) >= 11 is 1.48. The monoisotopic (exact) mass is 448 g/mol. The molecule has 32 heavy (non-hydrogen) atoms. The first-order valence-corrected chi connectivity index (χ1v) is 11.0. The molecule has 0 bridgehead atoms. The molecule has 3 rings (SSSR count). The van der Waals surface area contributed by atoms with Gasteiger partial charge in [0.25, 0.3) is 5.91 Å². The molecule has 0 saturated heterocycles. The van der Waals surface area contributed by atoms with E-state index in [-0.39, 0.29) is 24.3 Å². The third-order valence-electron chi connectivity index (χ3n) is 4.53. The maximum atomic E-state index is 12.7. The number of rotatable bonds is 9. The van der Waals surface area contributed by atoms with Crippen LogP contribution in [0.2, 0.25) is 0 Å². The second kappa shape index (κ2) is 11.0. The van der Waals surface area contributed by atoms with Crippen molar-refractivity contribution in [3.05, 3.63) is 59.7 Å². The number of benzene rings is 1. The second-order valence-electron chi connectivity index (χ2n) is 7.51. The number of nitrogens with zero attached hydrogens (tertiary/aromatic N) is 3. The van der Waals surface area contributed by atoms with Gasteiger partial charge in [-0.3, -0.25) is 14.6 Å². The molecule has 0 saturated carbocycles. The van der Waals surface area contributed by atoms with Crippen molar-refractivity contribution in [2.75, 3.05) is 11.9 Å². The van der Waals surface area contributed by atoms with E-state index in [0.29, 0.717) is 12.0 Å². The number of carbonyl (C=O) groups excluding carboxylic acids is 2. The topological polar surface area (TPSA) is 120 Å². The van der Waals surface area contributed by atoms with E-state index in [2.05, 4.69) is 25.9 Å². The number of amides is 2. The quantitative estimate of drug-likeness (QED) is 0.429. The summed E-state index contributed by atoms with van der Waals surface area (Å²) in [6.45, 7) is 3.84. The van der Waals surface area contributed by atoms with Crippen LogP contribution in [0.3, 0.4) is 0 Å². The Morgan fingerprint density at radius 1 is 1.19 bits per heavy atom. The highest BCUT2D eigenvalue weighted by atomic mass is 32.1. The Morgan fingerprint density at radius 2 is 1.97 bits per heavy atom. The minimum absolute atomic E-state index is 0.0940. The van der Waals surface area contributed by atoms with Crippen LogP contribution < -0.4 is 16.0 Å². The van der Waals surface area contributed by atoms with Crippen molar-refractivity contribution in [2.24, 2.45) is 5.92 Å². The molecule has 0 unspecified atom stereocenters. The first-order chi connectivity index (χ1) is 15.5. The largest absolute Gasteiger partial charge is 0.341 e. The lowest BCUT2D eigenvalue weighted by Gasteiger charge is -2.19. The Labute approximate surface area is 190 Å². The van der Waals surface area contributed by atoms with Crippen LogP contribution in [0.25, 0.3) is 11.3 Å². The first kappa shape index (κ1) is 22.9.